The number of carbonyl (C=O) groups excluding carboxylic acids is 2. The molecule has 0 unspecified atom stereocenters. The minimum absolute atomic E-state index is 0.0145. The maximum atomic E-state index is 12.2. The fourth-order valence-corrected chi connectivity index (χ4v) is 3.12. The Hall–Kier alpha value is -2.57. The zero-order valence-corrected chi connectivity index (χ0v) is 14.7. The highest BCUT2D eigenvalue weighted by Crippen LogP contribution is 2.26. The topological polar surface area (TPSA) is 89.2 Å². The minimum Gasteiger partial charge on any atom is -0.466 e. The van der Waals surface area contributed by atoms with Gasteiger partial charge in [0.25, 0.3) is 5.91 Å². The van der Waals surface area contributed by atoms with Crippen LogP contribution in [0.15, 0.2) is 22.6 Å². The van der Waals surface area contributed by atoms with E-state index in [1.165, 1.54) is 4.68 Å². The molecular weight excluding hydrogens is 320 g/mol. The molecule has 2 N–H and O–H groups in total. The summed E-state index contributed by atoms with van der Waals surface area (Å²) in [4.78, 5) is 24.4. The molecule has 7 nitrogen and oxygen atoms in total. The summed E-state index contributed by atoms with van der Waals surface area (Å²) in [6, 6.07) is 5.41. The first-order chi connectivity index (χ1) is 12.0. The molecule has 1 saturated carbocycles. The third kappa shape index (κ3) is 4.29. The van der Waals surface area contributed by atoms with Gasteiger partial charge in [-0.25, -0.2) is 0 Å². The van der Waals surface area contributed by atoms with Crippen molar-refractivity contribution in [1.82, 2.24) is 15.1 Å². The average Bonchev–Trinajstić information content (AvgIpc) is 3.30. The Morgan fingerprint density at radius 1 is 1.32 bits per heavy atom. The highest BCUT2D eigenvalue weighted by atomic mass is 16.3. The fourth-order valence-electron chi connectivity index (χ4n) is 3.12. The number of furan rings is 1. The molecule has 0 saturated heterocycles. The van der Waals surface area contributed by atoms with Crippen molar-refractivity contribution in [1.29, 1.82) is 0 Å². The van der Waals surface area contributed by atoms with Crippen molar-refractivity contribution in [2.45, 2.75) is 39.0 Å². The summed E-state index contributed by atoms with van der Waals surface area (Å²) >= 11 is 0. The van der Waals surface area contributed by atoms with Crippen molar-refractivity contribution in [2.75, 3.05) is 11.9 Å². The lowest BCUT2D eigenvalue weighted by atomic mass is 10.1. The van der Waals surface area contributed by atoms with Gasteiger partial charge in [-0.15, -0.1) is 0 Å². The number of nitrogens with zero attached hydrogens (tertiary/aromatic N) is 2. The number of nitrogens with one attached hydrogen (secondary N) is 2. The molecule has 0 bridgehead atoms. The molecule has 3 rings (SSSR count). The smallest absolute Gasteiger partial charge is 0.271 e. The van der Waals surface area contributed by atoms with Gasteiger partial charge in [-0.1, -0.05) is 12.8 Å². The molecule has 1 aliphatic carbocycles. The number of rotatable bonds is 6. The molecule has 0 radical (unpaired) electrons. The lowest BCUT2D eigenvalue weighted by Gasteiger charge is -2.09. The Morgan fingerprint density at radius 2 is 2.08 bits per heavy atom. The predicted molar refractivity (Wildman–Crippen MR) is 93.3 cm³/mol. The summed E-state index contributed by atoms with van der Waals surface area (Å²) in [6.07, 6.45) is 4.70. The van der Waals surface area contributed by atoms with Gasteiger partial charge in [0.15, 0.2) is 5.69 Å². The standard InChI is InChI=1S/C18H24N4O3/c1-12-7-8-14(25-12)9-10-19-18(24)15-11-16(22(2)21-15)20-17(23)13-5-3-4-6-13/h7-8,11,13H,3-6,9-10H2,1-2H3,(H,19,24)(H,20,23). The molecule has 0 aliphatic heterocycles. The van der Waals surface area contributed by atoms with Crippen LogP contribution in [-0.4, -0.2) is 28.1 Å². The Labute approximate surface area is 146 Å². The fraction of sp³-hybridized carbons (Fsp3) is 0.500. The van der Waals surface area contributed by atoms with Gasteiger partial charge in [-0.2, -0.15) is 5.10 Å². The van der Waals surface area contributed by atoms with E-state index in [0.29, 0.717) is 24.5 Å². The SMILES string of the molecule is Cc1ccc(CCNC(=O)c2cc(NC(=O)C3CCCC3)n(C)n2)o1. The molecule has 134 valence electrons. The third-order valence-electron chi connectivity index (χ3n) is 4.54. The first kappa shape index (κ1) is 17.3. The van der Waals surface area contributed by atoms with Gasteiger partial charge in [0, 0.05) is 32.0 Å². The molecule has 2 heterocycles. The van der Waals surface area contributed by atoms with Crippen LogP contribution in [-0.2, 0) is 18.3 Å². The number of aryl methyl sites for hydroxylation is 2. The lowest BCUT2D eigenvalue weighted by molar-refractivity contribution is -0.119. The van der Waals surface area contributed by atoms with Crippen molar-refractivity contribution >= 4 is 17.6 Å². The van der Waals surface area contributed by atoms with E-state index >= 15 is 0 Å². The second-order valence-corrected chi connectivity index (χ2v) is 6.53. The van der Waals surface area contributed by atoms with E-state index in [2.05, 4.69) is 15.7 Å². The molecule has 7 heteroatoms. The largest absolute Gasteiger partial charge is 0.466 e. The number of hydrogen-bond acceptors (Lipinski definition) is 4. The van der Waals surface area contributed by atoms with Gasteiger partial charge >= 0.3 is 0 Å². The molecule has 1 fully saturated rings. The summed E-state index contributed by atoms with van der Waals surface area (Å²) in [5.74, 6) is 2.06. The van der Waals surface area contributed by atoms with Crippen molar-refractivity contribution in [2.24, 2.45) is 13.0 Å². The van der Waals surface area contributed by atoms with Crippen LogP contribution in [0.1, 0.15) is 47.7 Å². The van der Waals surface area contributed by atoms with Gasteiger partial charge in [0.05, 0.1) is 0 Å². The summed E-state index contributed by atoms with van der Waals surface area (Å²) in [5, 5.41) is 9.88. The summed E-state index contributed by atoms with van der Waals surface area (Å²) in [7, 11) is 1.71. The van der Waals surface area contributed by atoms with Crippen molar-refractivity contribution < 1.29 is 14.0 Å². The van der Waals surface area contributed by atoms with Crippen molar-refractivity contribution in [3.63, 3.8) is 0 Å². The summed E-state index contributed by atoms with van der Waals surface area (Å²) in [6.45, 7) is 2.35. The Kier molecular flexibility index (Phi) is 5.21. The number of amides is 2. The molecule has 2 aromatic rings. The van der Waals surface area contributed by atoms with Gasteiger partial charge in [-0.3, -0.25) is 14.3 Å². The molecule has 2 aromatic heterocycles. The average molecular weight is 344 g/mol. The first-order valence-corrected chi connectivity index (χ1v) is 8.71. The Bertz CT molecular complexity index is 756. The molecule has 0 spiro atoms. The van der Waals surface area contributed by atoms with E-state index in [4.69, 9.17) is 4.42 Å². The molecule has 2 amide bonds. The second kappa shape index (κ2) is 7.55. The van der Waals surface area contributed by atoms with Crippen molar-refractivity contribution in [3.05, 3.63) is 35.4 Å². The van der Waals surface area contributed by atoms with Crippen LogP contribution in [0.2, 0.25) is 0 Å². The van der Waals surface area contributed by atoms with Crippen molar-refractivity contribution in [3.8, 4) is 0 Å². The summed E-state index contributed by atoms with van der Waals surface area (Å²) < 4.78 is 6.99. The molecule has 0 atom stereocenters. The zero-order valence-electron chi connectivity index (χ0n) is 14.7. The maximum absolute atomic E-state index is 12.2. The maximum Gasteiger partial charge on any atom is 0.271 e. The van der Waals surface area contributed by atoms with Crippen LogP contribution < -0.4 is 10.6 Å². The van der Waals surface area contributed by atoms with Crippen LogP contribution in [0.3, 0.4) is 0 Å². The Morgan fingerprint density at radius 3 is 2.76 bits per heavy atom. The number of carbonyl (C=O) groups is 2. The van der Waals surface area contributed by atoms with E-state index in [1.54, 1.807) is 13.1 Å². The number of anilines is 1. The van der Waals surface area contributed by atoms with Gasteiger partial charge in [0.1, 0.15) is 17.3 Å². The monoisotopic (exact) mass is 344 g/mol. The van der Waals surface area contributed by atoms with E-state index in [1.807, 2.05) is 19.1 Å². The van der Waals surface area contributed by atoms with Crippen LogP contribution in [0, 0.1) is 12.8 Å². The number of hydrogen-bond donors (Lipinski definition) is 2. The molecule has 25 heavy (non-hydrogen) atoms. The molecular formula is C18H24N4O3. The number of aromatic nitrogens is 2. The first-order valence-electron chi connectivity index (χ1n) is 8.71. The van der Waals surface area contributed by atoms with Crippen LogP contribution in [0.25, 0.3) is 0 Å². The van der Waals surface area contributed by atoms with Crippen LogP contribution in [0.5, 0.6) is 0 Å². The van der Waals surface area contributed by atoms with Gasteiger partial charge in [-0.05, 0) is 31.9 Å². The third-order valence-corrected chi connectivity index (χ3v) is 4.54. The van der Waals surface area contributed by atoms with Gasteiger partial charge < -0.3 is 15.1 Å². The van der Waals surface area contributed by atoms with E-state index in [9.17, 15) is 9.59 Å². The van der Waals surface area contributed by atoms with E-state index in [-0.39, 0.29) is 17.7 Å². The quantitative estimate of drug-likeness (QED) is 0.842. The zero-order chi connectivity index (χ0) is 17.8. The van der Waals surface area contributed by atoms with E-state index < -0.39 is 0 Å². The second-order valence-electron chi connectivity index (χ2n) is 6.53. The van der Waals surface area contributed by atoms with E-state index in [0.717, 1.165) is 37.2 Å². The predicted octanol–water partition coefficient (Wildman–Crippen LogP) is 2.42. The highest BCUT2D eigenvalue weighted by Gasteiger charge is 2.24. The Balaban J connectivity index is 1.53. The highest BCUT2D eigenvalue weighted by molar-refractivity contribution is 5.96. The summed E-state index contributed by atoms with van der Waals surface area (Å²) in [5.41, 5.74) is 0.292. The minimum atomic E-state index is -0.264. The van der Waals surface area contributed by atoms with Crippen LogP contribution >= 0.6 is 0 Å². The lowest BCUT2D eigenvalue weighted by Crippen LogP contribution is -2.26. The molecule has 1 aliphatic rings. The normalized spacial score (nSPS) is 14.6. The molecule has 0 aromatic carbocycles. The van der Waals surface area contributed by atoms with Gasteiger partial charge in [0.2, 0.25) is 5.91 Å². The van der Waals surface area contributed by atoms with Crippen LogP contribution in [0.4, 0.5) is 5.82 Å².